The molecule has 0 aromatic carbocycles. The lowest BCUT2D eigenvalue weighted by molar-refractivity contribution is -0.243. The summed E-state index contributed by atoms with van der Waals surface area (Å²) in [5.41, 5.74) is 0. The fraction of sp³-hybridized carbons (Fsp3) is 1.00. The zero-order valence-electron chi connectivity index (χ0n) is 4.52. The van der Waals surface area contributed by atoms with Crippen molar-refractivity contribution in [1.29, 1.82) is 0 Å². The Balaban J connectivity index is 4.75. The Labute approximate surface area is 67.1 Å². The summed E-state index contributed by atoms with van der Waals surface area (Å²) >= 11 is 7.56. The highest BCUT2D eigenvalue weighted by molar-refractivity contribution is 6.32. The van der Waals surface area contributed by atoms with Gasteiger partial charge in [-0.2, -0.15) is 22.0 Å². The molecule has 0 aliphatic heterocycles. The summed E-state index contributed by atoms with van der Waals surface area (Å²) in [5.74, 6) is 0. The van der Waals surface area contributed by atoms with Gasteiger partial charge in [-0.05, 0) is 11.6 Å². The summed E-state index contributed by atoms with van der Waals surface area (Å²) in [6, 6.07) is 0. The Morgan fingerprint density at radius 1 is 0.727 bits per heavy atom. The van der Waals surface area contributed by atoms with E-state index >= 15 is 0 Å². The first-order valence-corrected chi connectivity index (χ1v) is 2.77. The molecular weight excluding hydrogens is 221 g/mol. The molecule has 0 amide bonds. The predicted octanol–water partition coefficient (Wildman–Crippen LogP) is 3.28. The van der Waals surface area contributed by atoms with Gasteiger partial charge in [0.25, 0.3) is 0 Å². The molecule has 0 fully saturated rings. The van der Waals surface area contributed by atoms with Crippen LogP contribution in [0.3, 0.4) is 0 Å². The molecule has 0 bridgehead atoms. The van der Waals surface area contributed by atoms with Crippen molar-refractivity contribution >= 4 is 23.2 Å². The van der Waals surface area contributed by atoms with Gasteiger partial charge >= 0.3 is 16.7 Å². The molecule has 0 nitrogen and oxygen atoms in total. The van der Waals surface area contributed by atoms with Crippen molar-refractivity contribution < 1.29 is 26.3 Å². The van der Waals surface area contributed by atoms with Crippen LogP contribution < -0.4 is 0 Å². The van der Waals surface area contributed by atoms with Crippen LogP contribution in [-0.2, 0) is 0 Å². The second-order valence-electron chi connectivity index (χ2n) is 1.57. The van der Waals surface area contributed by atoms with Crippen molar-refractivity contribution in [2.75, 3.05) is 0 Å². The number of rotatable bonds is 1. The van der Waals surface area contributed by atoms with Crippen LogP contribution in [0.5, 0.6) is 0 Å². The zero-order valence-corrected chi connectivity index (χ0v) is 6.04. The highest BCUT2D eigenvalue weighted by atomic mass is 35.5. The number of hydrogen-bond acceptors (Lipinski definition) is 0. The molecule has 1 atom stereocenters. The van der Waals surface area contributed by atoms with Crippen molar-refractivity contribution in [1.82, 2.24) is 0 Å². The normalized spacial score (nSPS) is 19.6. The molecule has 0 spiro atoms. The van der Waals surface area contributed by atoms with E-state index in [1.54, 1.807) is 0 Å². The fourth-order valence-electron chi connectivity index (χ4n) is 0.161. The molecule has 0 rings (SSSR count). The lowest BCUT2D eigenvalue weighted by Gasteiger charge is -2.24. The summed E-state index contributed by atoms with van der Waals surface area (Å²) in [7, 11) is 0. The van der Waals surface area contributed by atoms with Gasteiger partial charge in [0.1, 0.15) is 0 Å². The van der Waals surface area contributed by atoms with Gasteiger partial charge in [-0.1, -0.05) is 11.6 Å². The van der Waals surface area contributed by atoms with Gasteiger partial charge in [0.2, 0.25) is 0 Å². The lowest BCUT2D eigenvalue weighted by atomic mass is 10.4. The molecule has 1 unspecified atom stereocenters. The molecule has 68 valence electrons. The monoisotopic (exact) mass is 220 g/mol. The molecule has 8 heteroatoms. The third-order valence-electron chi connectivity index (χ3n) is 0.712. The molecule has 0 saturated heterocycles. The van der Waals surface area contributed by atoms with E-state index in [0.717, 1.165) is 0 Å². The van der Waals surface area contributed by atoms with Crippen LogP contribution in [0, 0.1) is 0 Å². The van der Waals surface area contributed by atoms with Crippen LogP contribution in [0.15, 0.2) is 0 Å². The first kappa shape index (κ1) is 11.2. The molecule has 0 N–H and O–H groups in total. The van der Waals surface area contributed by atoms with Gasteiger partial charge in [-0.25, -0.2) is 4.39 Å². The van der Waals surface area contributed by atoms with Crippen LogP contribution in [0.2, 0.25) is 0 Å². The number of alkyl halides is 8. The molecule has 0 aromatic rings. The Morgan fingerprint density at radius 3 is 1.00 bits per heavy atom. The summed E-state index contributed by atoms with van der Waals surface area (Å²) in [5, 5.41) is -10.4. The molecule has 11 heavy (non-hydrogen) atoms. The predicted molar refractivity (Wildman–Crippen MR) is 26.5 cm³/mol. The van der Waals surface area contributed by atoms with Gasteiger partial charge in [0, 0.05) is 0 Å². The zero-order chi connectivity index (χ0) is 9.50. The number of halogens is 8. The van der Waals surface area contributed by atoms with E-state index in [0.29, 0.717) is 0 Å². The van der Waals surface area contributed by atoms with E-state index in [-0.39, 0.29) is 0 Å². The van der Waals surface area contributed by atoms with E-state index in [1.807, 2.05) is 0 Å². The van der Waals surface area contributed by atoms with E-state index in [4.69, 9.17) is 0 Å². The minimum atomic E-state index is -5.90. The minimum absolute atomic E-state index is 3.75. The Hall–Kier alpha value is 0.160. The van der Waals surface area contributed by atoms with Crippen LogP contribution in [-0.4, -0.2) is 16.7 Å². The summed E-state index contributed by atoms with van der Waals surface area (Å²) in [6.45, 7) is 0. The Kier molecular flexibility index (Phi) is 2.62. The molecule has 0 radical (unpaired) electrons. The Bertz CT molecular complexity index is 127. The van der Waals surface area contributed by atoms with Crippen molar-refractivity contribution in [3.05, 3.63) is 0 Å². The van der Waals surface area contributed by atoms with Crippen LogP contribution >= 0.6 is 23.2 Å². The molecule has 0 aromatic heterocycles. The van der Waals surface area contributed by atoms with Crippen molar-refractivity contribution in [3.8, 4) is 0 Å². The van der Waals surface area contributed by atoms with Gasteiger partial charge in [0.05, 0.1) is 0 Å². The lowest BCUT2D eigenvalue weighted by Crippen LogP contribution is -2.47. The minimum Gasteiger partial charge on any atom is -0.207 e. The average Bonchev–Trinajstić information content (AvgIpc) is 1.58. The second kappa shape index (κ2) is 2.58. The standard InChI is InChI=1S/C3Cl2F6/c4-1(6,2(5,7)8)3(9,10)11. The first-order valence-electron chi connectivity index (χ1n) is 2.01. The SMILES string of the molecule is FC(F)(F)C(F)(Cl)C(F)(F)Cl. The smallest absolute Gasteiger partial charge is 0.207 e. The van der Waals surface area contributed by atoms with Crippen LogP contribution in [0.25, 0.3) is 0 Å². The molecule has 0 aliphatic carbocycles. The summed E-state index contributed by atoms with van der Waals surface area (Å²) in [6.07, 6.45) is -5.90. The first-order chi connectivity index (χ1) is 4.50. The largest absolute Gasteiger partial charge is 0.444 e. The van der Waals surface area contributed by atoms with Gasteiger partial charge < -0.3 is 0 Å². The van der Waals surface area contributed by atoms with Crippen LogP contribution in [0.4, 0.5) is 26.3 Å². The third-order valence-corrected chi connectivity index (χ3v) is 1.52. The maximum atomic E-state index is 11.9. The third kappa shape index (κ3) is 2.05. The quantitative estimate of drug-likeness (QED) is 0.470. The fourth-order valence-corrected chi connectivity index (χ4v) is 0.268. The summed E-state index contributed by atoms with van der Waals surface area (Å²) < 4.78 is 68.7. The van der Waals surface area contributed by atoms with Gasteiger partial charge in [-0.15, -0.1) is 0 Å². The molecule has 0 aliphatic rings. The van der Waals surface area contributed by atoms with E-state index in [2.05, 4.69) is 23.2 Å². The molecular formula is C3Cl2F6. The van der Waals surface area contributed by atoms with Crippen molar-refractivity contribution in [2.24, 2.45) is 0 Å². The molecule has 0 saturated carbocycles. The topological polar surface area (TPSA) is 0 Å². The molecule has 0 heterocycles. The highest BCUT2D eigenvalue weighted by Crippen LogP contribution is 2.50. The maximum absolute atomic E-state index is 11.9. The maximum Gasteiger partial charge on any atom is 0.444 e. The van der Waals surface area contributed by atoms with Crippen molar-refractivity contribution in [3.63, 3.8) is 0 Å². The van der Waals surface area contributed by atoms with E-state index in [9.17, 15) is 26.3 Å². The van der Waals surface area contributed by atoms with Crippen LogP contribution in [0.1, 0.15) is 0 Å². The average molecular weight is 221 g/mol. The van der Waals surface area contributed by atoms with E-state index in [1.165, 1.54) is 0 Å². The van der Waals surface area contributed by atoms with Gasteiger partial charge in [-0.3, -0.25) is 0 Å². The number of hydrogen-bond donors (Lipinski definition) is 0. The van der Waals surface area contributed by atoms with E-state index < -0.39 is 16.7 Å². The summed E-state index contributed by atoms with van der Waals surface area (Å²) in [4.78, 5) is 0. The Morgan fingerprint density at radius 2 is 1.00 bits per heavy atom. The van der Waals surface area contributed by atoms with Gasteiger partial charge in [0.15, 0.2) is 0 Å². The van der Waals surface area contributed by atoms with Crippen molar-refractivity contribution in [2.45, 2.75) is 16.7 Å². The second-order valence-corrected chi connectivity index (χ2v) is 2.57. The highest BCUT2D eigenvalue weighted by Gasteiger charge is 2.70.